The number of carbonyl (C=O) groups excluding carboxylic acids is 2. The number of hydrogen-bond acceptors (Lipinski definition) is 6. The van der Waals surface area contributed by atoms with Crippen molar-refractivity contribution in [2.24, 2.45) is 5.10 Å². The molecule has 2 aliphatic rings. The Hall–Kier alpha value is -2.11. The first-order valence-electron chi connectivity index (χ1n) is 5.08. The molecule has 17 heavy (non-hydrogen) atoms. The number of carbonyl (C=O) groups is 2. The molecule has 6 heteroatoms. The summed E-state index contributed by atoms with van der Waals surface area (Å²) in [6.45, 7) is 0. The van der Waals surface area contributed by atoms with E-state index < -0.39 is 18.0 Å². The summed E-state index contributed by atoms with van der Waals surface area (Å²) in [4.78, 5) is 23.2. The maximum Gasteiger partial charge on any atom is 0.336 e. The molecule has 0 spiro atoms. The topological polar surface area (TPSA) is 68.2 Å². The van der Waals surface area contributed by atoms with Crippen LogP contribution in [0.4, 0.5) is 0 Å². The van der Waals surface area contributed by atoms with Gasteiger partial charge in [0.05, 0.1) is 25.5 Å². The molecule has 0 bridgehead atoms. The van der Waals surface area contributed by atoms with E-state index in [0.29, 0.717) is 11.3 Å². The van der Waals surface area contributed by atoms with E-state index in [1.807, 2.05) is 0 Å². The Kier molecular flexibility index (Phi) is 2.95. The summed E-state index contributed by atoms with van der Waals surface area (Å²) >= 11 is 0. The molecule has 0 fully saturated rings. The minimum atomic E-state index is -0.592. The van der Waals surface area contributed by atoms with Gasteiger partial charge >= 0.3 is 11.9 Å². The van der Waals surface area contributed by atoms with E-state index >= 15 is 0 Å². The maximum absolute atomic E-state index is 11.6. The molecule has 0 radical (unpaired) electrons. The standard InChI is InChI=1S/C11H12N2O4/c1-16-10(14)7-6-9(11(15)17-2)13-8(7)4-3-5-12-13/h3-5,9H,6H2,1-2H3. The van der Waals surface area contributed by atoms with E-state index in [1.165, 1.54) is 19.2 Å². The number of nitrogens with zero attached hydrogens (tertiary/aromatic N) is 2. The number of ether oxygens (including phenoxy) is 2. The monoisotopic (exact) mass is 236 g/mol. The second-order valence-electron chi connectivity index (χ2n) is 3.57. The van der Waals surface area contributed by atoms with Gasteiger partial charge in [0.25, 0.3) is 0 Å². The molecule has 2 heterocycles. The Morgan fingerprint density at radius 2 is 2.18 bits per heavy atom. The summed E-state index contributed by atoms with van der Waals surface area (Å²) in [6.07, 6.45) is 5.23. The second kappa shape index (κ2) is 4.40. The van der Waals surface area contributed by atoms with E-state index in [1.54, 1.807) is 18.4 Å². The van der Waals surface area contributed by atoms with Crippen molar-refractivity contribution in [1.29, 1.82) is 0 Å². The molecule has 2 aliphatic heterocycles. The van der Waals surface area contributed by atoms with Crippen molar-refractivity contribution in [1.82, 2.24) is 5.01 Å². The highest BCUT2D eigenvalue weighted by Crippen LogP contribution is 2.32. The average Bonchev–Trinajstić information content (AvgIpc) is 2.76. The fourth-order valence-corrected chi connectivity index (χ4v) is 1.88. The van der Waals surface area contributed by atoms with E-state index in [0.717, 1.165) is 0 Å². The summed E-state index contributed by atoms with van der Waals surface area (Å²) in [5.74, 6) is -0.869. The summed E-state index contributed by atoms with van der Waals surface area (Å²) in [5.41, 5.74) is 1.03. The molecule has 0 saturated carbocycles. The smallest absolute Gasteiger partial charge is 0.336 e. The van der Waals surface area contributed by atoms with Gasteiger partial charge in [-0.1, -0.05) is 0 Å². The highest BCUT2D eigenvalue weighted by atomic mass is 16.5. The maximum atomic E-state index is 11.6. The number of esters is 2. The van der Waals surface area contributed by atoms with Crippen molar-refractivity contribution >= 4 is 18.2 Å². The highest BCUT2D eigenvalue weighted by Gasteiger charge is 2.40. The summed E-state index contributed by atoms with van der Waals surface area (Å²) in [6, 6.07) is -0.592. The second-order valence-corrected chi connectivity index (χ2v) is 3.57. The predicted octanol–water partition coefficient (Wildman–Crippen LogP) is 0.216. The van der Waals surface area contributed by atoms with Gasteiger partial charge in [-0.05, 0) is 12.2 Å². The summed E-state index contributed by atoms with van der Waals surface area (Å²) in [5, 5.41) is 5.55. The SMILES string of the molecule is COC(=O)C1=C2C=CC=NN2C(C(=O)OC)C1. The van der Waals surface area contributed by atoms with Crippen LogP contribution in [0.25, 0.3) is 0 Å². The summed E-state index contributed by atoms with van der Waals surface area (Å²) < 4.78 is 9.37. The first-order chi connectivity index (χ1) is 8.19. The molecular weight excluding hydrogens is 224 g/mol. The molecule has 1 unspecified atom stereocenters. The average molecular weight is 236 g/mol. The quantitative estimate of drug-likeness (QED) is 0.641. The third-order valence-electron chi connectivity index (χ3n) is 2.68. The zero-order valence-corrected chi connectivity index (χ0v) is 9.54. The first-order valence-corrected chi connectivity index (χ1v) is 5.08. The molecule has 0 aromatic carbocycles. The third-order valence-corrected chi connectivity index (χ3v) is 2.68. The van der Waals surface area contributed by atoms with Gasteiger partial charge in [0, 0.05) is 12.6 Å². The minimum absolute atomic E-state index is 0.246. The molecule has 0 aliphatic carbocycles. The Balaban J connectivity index is 2.34. The summed E-state index contributed by atoms with van der Waals surface area (Å²) in [7, 11) is 2.61. The molecule has 0 aromatic heterocycles. The Bertz CT molecular complexity index is 450. The van der Waals surface area contributed by atoms with Gasteiger partial charge in [-0.2, -0.15) is 5.10 Å². The lowest BCUT2D eigenvalue weighted by Crippen LogP contribution is -2.34. The normalized spacial score (nSPS) is 21.5. The van der Waals surface area contributed by atoms with Crippen molar-refractivity contribution in [2.45, 2.75) is 12.5 Å². The van der Waals surface area contributed by atoms with Gasteiger partial charge in [-0.15, -0.1) is 0 Å². The highest BCUT2D eigenvalue weighted by molar-refractivity contribution is 5.93. The zero-order valence-electron chi connectivity index (χ0n) is 9.54. The Morgan fingerprint density at radius 1 is 1.41 bits per heavy atom. The van der Waals surface area contributed by atoms with Crippen LogP contribution in [0.3, 0.4) is 0 Å². The molecule has 0 N–H and O–H groups in total. The molecule has 0 amide bonds. The first kappa shape index (κ1) is 11.4. The van der Waals surface area contributed by atoms with Crippen LogP contribution in [0.2, 0.25) is 0 Å². The van der Waals surface area contributed by atoms with Crippen LogP contribution in [0.5, 0.6) is 0 Å². The van der Waals surface area contributed by atoms with Gasteiger partial charge in [0.1, 0.15) is 0 Å². The van der Waals surface area contributed by atoms with Crippen molar-refractivity contribution in [3.8, 4) is 0 Å². The van der Waals surface area contributed by atoms with Crippen molar-refractivity contribution < 1.29 is 19.1 Å². The van der Waals surface area contributed by atoms with Gasteiger partial charge < -0.3 is 9.47 Å². The van der Waals surface area contributed by atoms with Crippen LogP contribution in [0.15, 0.2) is 28.5 Å². The number of allylic oxidation sites excluding steroid dienone is 2. The zero-order chi connectivity index (χ0) is 12.4. The minimum Gasteiger partial charge on any atom is -0.467 e. The van der Waals surface area contributed by atoms with Gasteiger partial charge in [0.15, 0.2) is 6.04 Å². The van der Waals surface area contributed by atoms with E-state index in [4.69, 9.17) is 0 Å². The molecule has 6 nitrogen and oxygen atoms in total. The van der Waals surface area contributed by atoms with Gasteiger partial charge in [0.2, 0.25) is 0 Å². The van der Waals surface area contributed by atoms with Crippen LogP contribution in [-0.4, -0.2) is 43.4 Å². The molecule has 0 aromatic rings. The van der Waals surface area contributed by atoms with Crippen LogP contribution in [0, 0.1) is 0 Å². The lowest BCUT2D eigenvalue weighted by Gasteiger charge is -2.22. The fourth-order valence-electron chi connectivity index (χ4n) is 1.88. The molecular formula is C11H12N2O4. The molecule has 1 atom stereocenters. The van der Waals surface area contributed by atoms with E-state index in [9.17, 15) is 9.59 Å². The number of methoxy groups -OCH3 is 2. The number of fused-ring (bicyclic) bond motifs is 1. The molecule has 90 valence electrons. The number of hydrogen-bond donors (Lipinski definition) is 0. The number of hydrazone groups is 1. The lowest BCUT2D eigenvalue weighted by molar-refractivity contribution is -0.145. The Labute approximate surface area is 98.2 Å². The van der Waals surface area contributed by atoms with E-state index in [2.05, 4.69) is 14.6 Å². The van der Waals surface area contributed by atoms with Crippen LogP contribution in [0.1, 0.15) is 6.42 Å². The largest absolute Gasteiger partial charge is 0.467 e. The van der Waals surface area contributed by atoms with E-state index in [-0.39, 0.29) is 6.42 Å². The van der Waals surface area contributed by atoms with Crippen LogP contribution >= 0.6 is 0 Å². The molecule has 0 saturated heterocycles. The molecule has 2 rings (SSSR count). The van der Waals surface area contributed by atoms with Crippen molar-refractivity contribution in [3.05, 3.63) is 23.4 Å². The lowest BCUT2D eigenvalue weighted by atomic mass is 10.1. The fraction of sp³-hybridized carbons (Fsp3) is 0.364. The van der Waals surface area contributed by atoms with Crippen LogP contribution < -0.4 is 0 Å². The third kappa shape index (κ3) is 1.82. The number of rotatable bonds is 2. The predicted molar refractivity (Wildman–Crippen MR) is 58.9 cm³/mol. The Morgan fingerprint density at radius 3 is 2.82 bits per heavy atom. The van der Waals surface area contributed by atoms with Crippen molar-refractivity contribution in [3.63, 3.8) is 0 Å². The van der Waals surface area contributed by atoms with Crippen molar-refractivity contribution in [2.75, 3.05) is 14.2 Å². The van der Waals surface area contributed by atoms with Gasteiger partial charge in [-0.3, -0.25) is 5.01 Å². The van der Waals surface area contributed by atoms with Gasteiger partial charge in [-0.25, -0.2) is 9.59 Å². The van der Waals surface area contributed by atoms with Crippen LogP contribution in [-0.2, 0) is 19.1 Å².